The van der Waals surface area contributed by atoms with Crippen molar-refractivity contribution < 1.29 is 8.42 Å². The smallest absolute Gasteiger partial charge is 0.261 e. The standard InChI is InChI=1S/C22H21N3O2S/c1-3-16-11-7-8-15(2)21(16)25-28(26,27)18-12-13-19-20(14-18)24-22(23-19)17-9-5-4-6-10-17/h4-14,25H,3H2,1-2H3,(H,23,24). The van der Waals surface area contributed by atoms with Gasteiger partial charge in [0, 0.05) is 5.56 Å². The van der Waals surface area contributed by atoms with E-state index in [1.54, 1.807) is 18.2 Å². The summed E-state index contributed by atoms with van der Waals surface area (Å²) in [5, 5.41) is 0. The molecular formula is C22H21N3O2S. The van der Waals surface area contributed by atoms with Gasteiger partial charge in [-0.2, -0.15) is 0 Å². The van der Waals surface area contributed by atoms with Crippen LogP contribution in [0.15, 0.2) is 71.6 Å². The fourth-order valence-corrected chi connectivity index (χ4v) is 4.45. The van der Waals surface area contributed by atoms with Crippen LogP contribution in [-0.2, 0) is 16.4 Å². The van der Waals surface area contributed by atoms with Gasteiger partial charge < -0.3 is 4.98 Å². The normalized spacial score (nSPS) is 11.6. The van der Waals surface area contributed by atoms with Crippen molar-refractivity contribution in [1.82, 2.24) is 9.97 Å². The molecule has 1 aromatic heterocycles. The van der Waals surface area contributed by atoms with Crippen LogP contribution in [0.4, 0.5) is 5.69 Å². The summed E-state index contributed by atoms with van der Waals surface area (Å²) in [7, 11) is -3.71. The summed E-state index contributed by atoms with van der Waals surface area (Å²) in [6.07, 6.45) is 0.750. The van der Waals surface area contributed by atoms with Gasteiger partial charge in [0.2, 0.25) is 0 Å². The first-order valence-corrected chi connectivity index (χ1v) is 10.6. The Morgan fingerprint density at radius 2 is 1.79 bits per heavy atom. The molecule has 3 aromatic carbocycles. The first-order valence-electron chi connectivity index (χ1n) is 9.14. The quantitative estimate of drug-likeness (QED) is 0.508. The Morgan fingerprint density at radius 3 is 2.54 bits per heavy atom. The second kappa shape index (κ2) is 7.13. The Bertz CT molecular complexity index is 1250. The number of hydrogen-bond donors (Lipinski definition) is 2. The molecule has 6 heteroatoms. The molecule has 0 radical (unpaired) electrons. The first-order chi connectivity index (χ1) is 13.5. The number of H-pyrrole nitrogens is 1. The molecule has 4 aromatic rings. The predicted octanol–water partition coefficient (Wildman–Crippen LogP) is 4.90. The molecule has 28 heavy (non-hydrogen) atoms. The van der Waals surface area contributed by atoms with Gasteiger partial charge >= 0.3 is 0 Å². The fraction of sp³-hybridized carbons (Fsp3) is 0.136. The van der Waals surface area contributed by atoms with Crippen molar-refractivity contribution >= 4 is 26.7 Å². The van der Waals surface area contributed by atoms with Crippen molar-refractivity contribution in [2.75, 3.05) is 4.72 Å². The molecule has 142 valence electrons. The lowest BCUT2D eigenvalue weighted by Gasteiger charge is -2.14. The third-order valence-electron chi connectivity index (χ3n) is 4.79. The van der Waals surface area contributed by atoms with Crippen LogP contribution in [0.3, 0.4) is 0 Å². The van der Waals surface area contributed by atoms with Crippen molar-refractivity contribution in [2.24, 2.45) is 0 Å². The van der Waals surface area contributed by atoms with Crippen molar-refractivity contribution in [2.45, 2.75) is 25.2 Å². The molecule has 0 aliphatic rings. The van der Waals surface area contributed by atoms with E-state index in [1.807, 2.05) is 62.4 Å². The Balaban J connectivity index is 1.72. The lowest BCUT2D eigenvalue weighted by molar-refractivity contribution is 0.601. The Hall–Kier alpha value is -3.12. The van der Waals surface area contributed by atoms with E-state index >= 15 is 0 Å². The minimum atomic E-state index is -3.71. The number of nitrogens with one attached hydrogen (secondary N) is 2. The van der Waals surface area contributed by atoms with E-state index in [4.69, 9.17) is 0 Å². The molecule has 0 unspecified atom stereocenters. The van der Waals surface area contributed by atoms with Crippen LogP contribution in [0.2, 0.25) is 0 Å². The SMILES string of the molecule is CCc1cccc(C)c1NS(=O)(=O)c1ccc2nc(-c3ccccc3)[nH]c2c1. The number of anilines is 1. The summed E-state index contributed by atoms with van der Waals surface area (Å²) in [6.45, 7) is 3.91. The molecule has 2 N–H and O–H groups in total. The molecular weight excluding hydrogens is 370 g/mol. The average molecular weight is 391 g/mol. The molecule has 0 saturated carbocycles. The second-order valence-corrected chi connectivity index (χ2v) is 8.38. The third-order valence-corrected chi connectivity index (χ3v) is 6.13. The van der Waals surface area contributed by atoms with Gasteiger partial charge in [-0.3, -0.25) is 4.72 Å². The zero-order valence-corrected chi connectivity index (χ0v) is 16.5. The fourth-order valence-electron chi connectivity index (χ4n) is 3.25. The highest BCUT2D eigenvalue weighted by molar-refractivity contribution is 7.92. The number of aryl methyl sites for hydroxylation is 2. The van der Waals surface area contributed by atoms with E-state index in [9.17, 15) is 8.42 Å². The number of hydrogen-bond acceptors (Lipinski definition) is 3. The van der Waals surface area contributed by atoms with Crippen LogP contribution >= 0.6 is 0 Å². The Labute approximate surface area is 164 Å². The summed E-state index contributed by atoms with van der Waals surface area (Å²) in [6, 6.07) is 20.5. The van der Waals surface area contributed by atoms with E-state index < -0.39 is 10.0 Å². The van der Waals surface area contributed by atoms with E-state index in [2.05, 4.69) is 14.7 Å². The number of benzene rings is 3. The number of nitrogens with zero attached hydrogens (tertiary/aromatic N) is 1. The highest BCUT2D eigenvalue weighted by Gasteiger charge is 2.18. The number of para-hydroxylation sites is 1. The molecule has 0 bridgehead atoms. The lowest BCUT2D eigenvalue weighted by atomic mass is 10.1. The topological polar surface area (TPSA) is 74.8 Å². The molecule has 4 rings (SSSR count). The van der Waals surface area contributed by atoms with Gasteiger partial charge in [0.1, 0.15) is 5.82 Å². The molecule has 0 atom stereocenters. The number of imidazole rings is 1. The average Bonchev–Trinajstić information content (AvgIpc) is 3.13. The van der Waals surface area contributed by atoms with Gasteiger partial charge in [-0.15, -0.1) is 0 Å². The summed E-state index contributed by atoms with van der Waals surface area (Å²) >= 11 is 0. The molecule has 0 saturated heterocycles. The summed E-state index contributed by atoms with van der Waals surface area (Å²) in [4.78, 5) is 7.98. The van der Waals surface area contributed by atoms with E-state index in [1.165, 1.54) is 0 Å². The van der Waals surface area contributed by atoms with Crippen LogP contribution in [-0.4, -0.2) is 18.4 Å². The maximum Gasteiger partial charge on any atom is 0.261 e. The van der Waals surface area contributed by atoms with Gasteiger partial charge in [0.05, 0.1) is 21.6 Å². The number of fused-ring (bicyclic) bond motifs is 1. The first kappa shape index (κ1) is 18.3. The number of rotatable bonds is 5. The molecule has 5 nitrogen and oxygen atoms in total. The van der Waals surface area contributed by atoms with Crippen molar-refractivity contribution in [3.05, 3.63) is 77.9 Å². The zero-order chi connectivity index (χ0) is 19.7. The molecule has 0 aliphatic carbocycles. The van der Waals surface area contributed by atoms with Crippen molar-refractivity contribution in [1.29, 1.82) is 0 Å². The number of sulfonamides is 1. The highest BCUT2D eigenvalue weighted by Crippen LogP contribution is 2.27. The van der Waals surface area contributed by atoms with Crippen molar-refractivity contribution in [3.8, 4) is 11.4 Å². The third kappa shape index (κ3) is 3.39. The minimum absolute atomic E-state index is 0.202. The maximum absolute atomic E-state index is 13.0. The van der Waals surface area contributed by atoms with Gasteiger partial charge in [-0.25, -0.2) is 13.4 Å². The number of aromatic amines is 1. The molecule has 0 amide bonds. The van der Waals surface area contributed by atoms with Crippen LogP contribution in [0.5, 0.6) is 0 Å². The molecule has 0 fully saturated rings. The maximum atomic E-state index is 13.0. The molecule has 0 aliphatic heterocycles. The molecule has 0 spiro atoms. The van der Waals surface area contributed by atoms with Gasteiger partial charge in [0.25, 0.3) is 10.0 Å². The van der Waals surface area contributed by atoms with E-state index in [0.29, 0.717) is 17.0 Å². The predicted molar refractivity (Wildman–Crippen MR) is 113 cm³/mol. The van der Waals surface area contributed by atoms with Crippen LogP contribution in [0.1, 0.15) is 18.1 Å². The van der Waals surface area contributed by atoms with E-state index in [0.717, 1.165) is 28.6 Å². The van der Waals surface area contributed by atoms with Crippen LogP contribution < -0.4 is 4.72 Å². The van der Waals surface area contributed by atoms with Crippen LogP contribution in [0.25, 0.3) is 22.4 Å². The zero-order valence-electron chi connectivity index (χ0n) is 15.7. The summed E-state index contributed by atoms with van der Waals surface area (Å²) in [5.41, 5.74) is 4.88. The van der Waals surface area contributed by atoms with Gasteiger partial charge in [0.15, 0.2) is 0 Å². The summed E-state index contributed by atoms with van der Waals surface area (Å²) < 4.78 is 28.8. The van der Waals surface area contributed by atoms with Gasteiger partial charge in [-0.05, 0) is 42.7 Å². The second-order valence-electron chi connectivity index (χ2n) is 6.70. The summed E-state index contributed by atoms with van der Waals surface area (Å²) in [5.74, 6) is 0.713. The monoisotopic (exact) mass is 391 g/mol. The Morgan fingerprint density at radius 1 is 1.00 bits per heavy atom. The van der Waals surface area contributed by atoms with E-state index in [-0.39, 0.29) is 4.90 Å². The Kier molecular flexibility index (Phi) is 4.65. The van der Waals surface area contributed by atoms with Crippen LogP contribution in [0, 0.1) is 6.92 Å². The van der Waals surface area contributed by atoms with Gasteiger partial charge in [-0.1, -0.05) is 55.5 Å². The minimum Gasteiger partial charge on any atom is -0.338 e. The lowest BCUT2D eigenvalue weighted by Crippen LogP contribution is -2.15. The largest absolute Gasteiger partial charge is 0.338 e. The van der Waals surface area contributed by atoms with Crippen molar-refractivity contribution in [3.63, 3.8) is 0 Å². The molecule has 1 heterocycles. The number of aromatic nitrogens is 2. The highest BCUT2D eigenvalue weighted by atomic mass is 32.2.